The SMILES string of the molecule is Cc1ccc(C)c(-n2c(=O)c3ccccc3n3c(SCC(=O)C(C)(C)C)nnc23)c1. The Kier molecular flexibility index (Phi) is 5.02. The van der Waals surface area contributed by atoms with Crippen molar-refractivity contribution in [3.63, 3.8) is 0 Å². The van der Waals surface area contributed by atoms with Crippen LogP contribution in [0, 0.1) is 19.3 Å². The molecule has 0 spiro atoms. The monoisotopic (exact) mass is 420 g/mol. The molecule has 30 heavy (non-hydrogen) atoms. The number of aryl methyl sites for hydroxylation is 2. The minimum absolute atomic E-state index is 0.136. The van der Waals surface area contributed by atoms with Crippen LogP contribution in [0.3, 0.4) is 0 Å². The molecule has 0 fully saturated rings. The third kappa shape index (κ3) is 3.43. The van der Waals surface area contributed by atoms with Crippen molar-refractivity contribution in [2.45, 2.75) is 39.8 Å². The number of thioether (sulfide) groups is 1. The van der Waals surface area contributed by atoms with Gasteiger partial charge in [-0.3, -0.25) is 14.0 Å². The van der Waals surface area contributed by atoms with Crippen LogP contribution in [0.1, 0.15) is 31.9 Å². The molecule has 0 saturated carbocycles. The highest BCUT2D eigenvalue weighted by molar-refractivity contribution is 7.99. The fraction of sp³-hybridized carbons (Fsp3) is 0.304. The average Bonchev–Trinajstić information content (AvgIpc) is 3.12. The van der Waals surface area contributed by atoms with Crippen LogP contribution >= 0.6 is 11.8 Å². The number of Topliss-reactive ketones (excluding diaryl/α,β-unsaturated/α-hetero) is 1. The second-order valence-electron chi connectivity index (χ2n) is 8.53. The minimum atomic E-state index is -0.420. The number of nitrogens with zero attached hydrogens (tertiary/aromatic N) is 4. The number of hydrogen-bond donors (Lipinski definition) is 0. The minimum Gasteiger partial charge on any atom is -0.298 e. The molecular formula is C23H24N4O2S. The quantitative estimate of drug-likeness (QED) is 0.459. The maximum Gasteiger partial charge on any atom is 0.267 e. The number of aromatic nitrogens is 4. The molecule has 2 heterocycles. The van der Waals surface area contributed by atoms with Gasteiger partial charge < -0.3 is 0 Å². The maximum atomic E-state index is 13.4. The highest BCUT2D eigenvalue weighted by atomic mass is 32.2. The summed E-state index contributed by atoms with van der Waals surface area (Å²) in [5, 5.41) is 9.88. The zero-order chi connectivity index (χ0) is 21.6. The third-order valence-corrected chi connectivity index (χ3v) is 6.10. The number of fused-ring (bicyclic) bond motifs is 3. The van der Waals surface area contributed by atoms with E-state index < -0.39 is 5.41 Å². The van der Waals surface area contributed by atoms with Crippen LogP contribution < -0.4 is 5.56 Å². The summed E-state index contributed by atoms with van der Waals surface area (Å²) in [6, 6.07) is 13.4. The Balaban J connectivity index is 1.99. The Hall–Kier alpha value is -2.93. The molecule has 4 aromatic rings. The lowest BCUT2D eigenvalue weighted by molar-refractivity contribution is -0.123. The second-order valence-corrected chi connectivity index (χ2v) is 9.47. The van der Waals surface area contributed by atoms with Gasteiger partial charge in [0.15, 0.2) is 5.16 Å². The van der Waals surface area contributed by atoms with Crippen LogP contribution in [0.25, 0.3) is 22.4 Å². The van der Waals surface area contributed by atoms with Crippen molar-refractivity contribution < 1.29 is 4.79 Å². The maximum absolute atomic E-state index is 13.4. The number of rotatable bonds is 4. The molecule has 0 aliphatic rings. The van der Waals surface area contributed by atoms with Crippen LogP contribution in [0.5, 0.6) is 0 Å². The first-order valence-electron chi connectivity index (χ1n) is 9.81. The van der Waals surface area contributed by atoms with Crippen molar-refractivity contribution in [1.29, 1.82) is 0 Å². The van der Waals surface area contributed by atoms with Crippen molar-refractivity contribution in [3.05, 3.63) is 63.9 Å². The number of benzene rings is 2. The largest absolute Gasteiger partial charge is 0.298 e. The van der Waals surface area contributed by atoms with Crippen molar-refractivity contribution >= 4 is 34.2 Å². The molecule has 0 aliphatic heterocycles. The van der Waals surface area contributed by atoms with E-state index in [-0.39, 0.29) is 11.3 Å². The van der Waals surface area contributed by atoms with Crippen LogP contribution in [-0.2, 0) is 4.79 Å². The molecule has 4 rings (SSSR count). The molecule has 0 saturated heterocycles. The van der Waals surface area contributed by atoms with Gasteiger partial charge in [-0.2, -0.15) is 0 Å². The Bertz CT molecular complexity index is 1350. The van der Waals surface area contributed by atoms with Gasteiger partial charge in [-0.25, -0.2) is 4.57 Å². The Morgan fingerprint density at radius 1 is 1.07 bits per heavy atom. The predicted octanol–water partition coefficient (Wildman–Crippen LogP) is 4.36. The lowest BCUT2D eigenvalue weighted by Crippen LogP contribution is -2.23. The van der Waals surface area contributed by atoms with Crippen LogP contribution in [0.15, 0.2) is 52.4 Å². The molecule has 0 unspecified atom stereocenters. The number of para-hydroxylation sites is 1. The van der Waals surface area contributed by atoms with E-state index in [0.717, 1.165) is 22.3 Å². The summed E-state index contributed by atoms with van der Waals surface area (Å²) in [4.78, 5) is 25.9. The third-order valence-electron chi connectivity index (χ3n) is 5.17. The summed E-state index contributed by atoms with van der Waals surface area (Å²) in [6.45, 7) is 9.69. The summed E-state index contributed by atoms with van der Waals surface area (Å²) in [7, 11) is 0. The molecule has 6 nitrogen and oxygen atoms in total. The first-order chi connectivity index (χ1) is 14.2. The molecule has 0 N–H and O–H groups in total. The molecule has 2 aromatic heterocycles. The fourth-order valence-electron chi connectivity index (χ4n) is 3.30. The molecule has 0 radical (unpaired) electrons. The van der Waals surface area contributed by atoms with Crippen molar-refractivity contribution in [3.8, 4) is 5.69 Å². The molecule has 0 aliphatic carbocycles. The van der Waals surface area contributed by atoms with E-state index in [4.69, 9.17) is 0 Å². The van der Waals surface area contributed by atoms with Gasteiger partial charge in [0, 0.05) is 5.41 Å². The van der Waals surface area contributed by atoms with Gasteiger partial charge >= 0.3 is 0 Å². The average molecular weight is 421 g/mol. The summed E-state index contributed by atoms with van der Waals surface area (Å²) in [5.74, 6) is 0.871. The predicted molar refractivity (Wildman–Crippen MR) is 121 cm³/mol. The van der Waals surface area contributed by atoms with Gasteiger partial charge in [0.25, 0.3) is 5.56 Å². The Morgan fingerprint density at radius 3 is 2.53 bits per heavy atom. The van der Waals surface area contributed by atoms with E-state index in [1.165, 1.54) is 11.8 Å². The first kappa shape index (κ1) is 20.3. The van der Waals surface area contributed by atoms with Crippen LogP contribution in [-0.4, -0.2) is 30.7 Å². The Morgan fingerprint density at radius 2 is 1.80 bits per heavy atom. The number of hydrogen-bond acceptors (Lipinski definition) is 5. The second kappa shape index (κ2) is 7.40. The van der Waals surface area contributed by atoms with E-state index in [0.29, 0.717) is 22.1 Å². The highest BCUT2D eigenvalue weighted by Crippen LogP contribution is 2.26. The van der Waals surface area contributed by atoms with Gasteiger partial charge in [-0.1, -0.05) is 56.8 Å². The summed E-state index contributed by atoms with van der Waals surface area (Å²) < 4.78 is 3.49. The molecule has 154 valence electrons. The molecule has 0 amide bonds. The number of ketones is 1. The highest BCUT2D eigenvalue weighted by Gasteiger charge is 2.23. The standard InChI is InChI=1S/C23H24N4O2S/c1-14-10-11-15(2)18(12-14)26-20(29)16-8-6-7-9-17(16)27-21(26)24-25-22(27)30-13-19(28)23(3,4)5/h6-12H,13H2,1-5H3. The van der Waals surface area contributed by atoms with Gasteiger partial charge in [0.2, 0.25) is 5.78 Å². The normalized spacial score (nSPS) is 12.0. The van der Waals surface area contributed by atoms with E-state index in [1.54, 1.807) is 4.57 Å². The van der Waals surface area contributed by atoms with E-state index >= 15 is 0 Å². The van der Waals surface area contributed by atoms with E-state index in [9.17, 15) is 9.59 Å². The molecular weight excluding hydrogens is 396 g/mol. The van der Waals surface area contributed by atoms with Crippen molar-refractivity contribution in [2.75, 3.05) is 5.75 Å². The Labute approximate surface area is 178 Å². The van der Waals surface area contributed by atoms with Gasteiger partial charge in [0.05, 0.1) is 22.3 Å². The number of carbonyl (C=O) groups is 1. The summed E-state index contributed by atoms with van der Waals surface area (Å²) in [5.41, 5.74) is 2.98. The lowest BCUT2D eigenvalue weighted by atomic mass is 9.92. The smallest absolute Gasteiger partial charge is 0.267 e. The van der Waals surface area contributed by atoms with E-state index in [1.807, 2.05) is 81.5 Å². The van der Waals surface area contributed by atoms with Gasteiger partial charge in [-0.15, -0.1) is 10.2 Å². The summed E-state index contributed by atoms with van der Waals surface area (Å²) in [6.07, 6.45) is 0. The van der Waals surface area contributed by atoms with Crippen molar-refractivity contribution in [2.24, 2.45) is 5.41 Å². The topological polar surface area (TPSA) is 69.3 Å². The first-order valence-corrected chi connectivity index (χ1v) is 10.8. The molecule has 2 aromatic carbocycles. The van der Waals surface area contributed by atoms with Crippen LogP contribution in [0.2, 0.25) is 0 Å². The zero-order valence-electron chi connectivity index (χ0n) is 17.8. The lowest BCUT2D eigenvalue weighted by Gasteiger charge is -2.16. The van der Waals surface area contributed by atoms with Crippen molar-refractivity contribution in [1.82, 2.24) is 19.2 Å². The molecule has 0 bridgehead atoms. The van der Waals surface area contributed by atoms with Gasteiger partial charge in [0.1, 0.15) is 5.78 Å². The number of carbonyl (C=O) groups excluding carboxylic acids is 1. The summed E-state index contributed by atoms with van der Waals surface area (Å²) >= 11 is 1.35. The molecule has 7 heteroatoms. The van der Waals surface area contributed by atoms with Crippen LogP contribution in [0.4, 0.5) is 0 Å². The fourth-order valence-corrected chi connectivity index (χ4v) is 4.40. The molecule has 0 atom stereocenters. The van der Waals surface area contributed by atoms with Gasteiger partial charge in [-0.05, 0) is 43.2 Å². The van der Waals surface area contributed by atoms with E-state index in [2.05, 4.69) is 10.2 Å². The zero-order valence-corrected chi connectivity index (χ0v) is 18.6.